The summed E-state index contributed by atoms with van der Waals surface area (Å²) in [6, 6.07) is 34.1. The van der Waals surface area contributed by atoms with Gasteiger partial charge in [0.2, 0.25) is 5.71 Å². The molecule has 4 aromatic heterocycles. The van der Waals surface area contributed by atoms with Crippen LogP contribution in [-0.4, -0.2) is 23.0 Å². The molecular weight excluding hydrogens is 879 g/mol. The third-order valence-electron chi connectivity index (χ3n) is 11.1. The van der Waals surface area contributed by atoms with Crippen molar-refractivity contribution in [1.29, 1.82) is 0 Å². The van der Waals surface area contributed by atoms with Crippen molar-refractivity contribution in [3.63, 3.8) is 0 Å². The summed E-state index contributed by atoms with van der Waals surface area (Å²) in [6.07, 6.45) is 11.8. The molecule has 4 heterocycles. The molecule has 0 N–H and O–H groups in total. The smallest absolute Gasteiger partial charge is 0.216 e. The minimum absolute atomic E-state index is 0. The van der Waals surface area contributed by atoms with Crippen molar-refractivity contribution in [2.45, 2.75) is 99.7 Å². The second kappa shape index (κ2) is 17.1. The molecule has 0 saturated heterocycles. The van der Waals surface area contributed by atoms with Crippen LogP contribution in [0.3, 0.4) is 0 Å². The van der Waals surface area contributed by atoms with E-state index in [1.165, 1.54) is 64.3 Å². The van der Waals surface area contributed by atoms with Crippen molar-refractivity contribution in [1.82, 2.24) is 15.0 Å². The minimum atomic E-state index is -1.37. The number of hydrogen-bond acceptors (Lipinski definition) is 4. The maximum atomic E-state index is 6.17. The van der Waals surface area contributed by atoms with Gasteiger partial charge in [-0.1, -0.05) is 107 Å². The number of pyridine rings is 3. The first-order valence-corrected chi connectivity index (χ1v) is 23.5. The summed E-state index contributed by atoms with van der Waals surface area (Å²) in [7, 11) is -1.37. The van der Waals surface area contributed by atoms with Gasteiger partial charge in [0.15, 0.2) is 0 Å². The van der Waals surface area contributed by atoms with Crippen LogP contribution in [0.2, 0.25) is 19.6 Å². The van der Waals surface area contributed by atoms with Crippen LogP contribution >= 0.6 is 0 Å². The van der Waals surface area contributed by atoms with Crippen molar-refractivity contribution in [2.24, 2.45) is 11.3 Å². The number of fused-ring (bicyclic) bond motifs is 3. The molecular formula is C50H55IrN3OSi-2. The van der Waals surface area contributed by atoms with Crippen LogP contribution < -0.4 is 5.19 Å². The van der Waals surface area contributed by atoms with Crippen molar-refractivity contribution in [3.05, 3.63) is 131 Å². The molecule has 0 unspecified atom stereocenters. The molecule has 0 spiro atoms. The quantitative estimate of drug-likeness (QED) is 0.118. The van der Waals surface area contributed by atoms with E-state index in [4.69, 9.17) is 14.4 Å². The van der Waals surface area contributed by atoms with Crippen molar-refractivity contribution >= 4 is 35.3 Å². The van der Waals surface area contributed by atoms with Crippen LogP contribution in [0.1, 0.15) is 74.3 Å². The average molecular weight is 934 g/mol. The molecule has 291 valence electrons. The fourth-order valence-corrected chi connectivity index (χ4v) is 9.70. The van der Waals surface area contributed by atoms with Crippen molar-refractivity contribution < 1.29 is 24.5 Å². The van der Waals surface area contributed by atoms with Crippen LogP contribution in [0, 0.1) is 44.2 Å². The van der Waals surface area contributed by atoms with Crippen molar-refractivity contribution in [2.75, 3.05) is 0 Å². The Morgan fingerprint density at radius 3 is 2.25 bits per heavy atom. The van der Waals surface area contributed by atoms with Gasteiger partial charge in [-0.15, -0.1) is 59.7 Å². The zero-order chi connectivity index (χ0) is 38.9. The summed E-state index contributed by atoms with van der Waals surface area (Å²) in [6.45, 7) is 20.5. The zero-order valence-corrected chi connectivity index (χ0v) is 38.0. The van der Waals surface area contributed by atoms with E-state index in [9.17, 15) is 0 Å². The normalized spacial score (nSPS) is 13.4. The number of aryl methyl sites for hydroxylation is 2. The maximum Gasteiger partial charge on any atom is 0.216 e. The molecule has 6 heteroatoms. The summed E-state index contributed by atoms with van der Waals surface area (Å²) in [4.78, 5) is 14.3. The van der Waals surface area contributed by atoms with E-state index in [2.05, 4.69) is 139 Å². The summed E-state index contributed by atoms with van der Waals surface area (Å²) < 4.78 is 6.17. The Kier molecular flexibility index (Phi) is 12.6. The van der Waals surface area contributed by atoms with E-state index in [0.29, 0.717) is 5.71 Å². The monoisotopic (exact) mass is 934 g/mol. The third kappa shape index (κ3) is 9.48. The second-order valence-electron chi connectivity index (χ2n) is 17.9. The van der Waals surface area contributed by atoms with E-state index < -0.39 is 8.07 Å². The van der Waals surface area contributed by atoms with E-state index in [0.717, 1.165) is 63.3 Å². The fourth-order valence-electron chi connectivity index (χ4n) is 8.12. The molecule has 8 rings (SSSR count). The Hall–Kier alpha value is -4.22. The van der Waals surface area contributed by atoms with Gasteiger partial charge in [-0.05, 0) is 96.4 Å². The van der Waals surface area contributed by atoms with E-state index in [1.54, 1.807) is 0 Å². The number of nitrogens with zero attached hydrogens (tertiary/aromatic N) is 3. The predicted octanol–water partition coefficient (Wildman–Crippen LogP) is 12.8. The predicted molar refractivity (Wildman–Crippen MR) is 234 cm³/mol. The number of hydrogen-bond donors (Lipinski definition) is 0. The standard InChI is InChI=1S/C31H29N2O.C19H26NSi.Ir/c1-19-8-9-20(2)30(21(19)3)27-12-11-25-26-18-24(10-13-29(26)34-31(25)33-27)28-17-23(14-15-32-28)16-22-6-4-5-7-22;1-19(2,3)13-16-12-17(15-10-8-7-9-11-15)20-14-18(16)21(4,5)6;/h8-9,11-15,17-18,22H,4-7,16H2,1-3H3;7-10,12,14H,13H2,1-6H3;/q2*-1;. The molecule has 4 nitrogen and oxygen atoms in total. The van der Waals surface area contributed by atoms with Gasteiger partial charge >= 0.3 is 0 Å². The zero-order valence-electron chi connectivity index (χ0n) is 34.6. The Bertz CT molecular complexity index is 2450. The first-order chi connectivity index (χ1) is 26.2. The van der Waals surface area contributed by atoms with Gasteiger partial charge in [-0.25, -0.2) is 4.98 Å². The van der Waals surface area contributed by atoms with Crippen LogP contribution in [0.4, 0.5) is 0 Å². The number of rotatable bonds is 7. The number of benzene rings is 3. The molecule has 0 atom stereocenters. The van der Waals surface area contributed by atoms with Gasteiger partial charge in [0.05, 0.1) is 19.4 Å². The van der Waals surface area contributed by atoms with Gasteiger partial charge in [-0.3, -0.25) is 0 Å². The van der Waals surface area contributed by atoms with E-state index in [-0.39, 0.29) is 25.5 Å². The van der Waals surface area contributed by atoms with Gasteiger partial charge in [0, 0.05) is 43.4 Å². The molecule has 7 aromatic rings. The Morgan fingerprint density at radius 1 is 0.786 bits per heavy atom. The van der Waals surface area contributed by atoms with Gasteiger partial charge in [0.1, 0.15) is 0 Å². The summed E-state index contributed by atoms with van der Waals surface area (Å²) in [5.41, 5.74) is 14.6. The fraction of sp³-hybridized carbons (Fsp3) is 0.340. The van der Waals surface area contributed by atoms with E-state index >= 15 is 0 Å². The third-order valence-corrected chi connectivity index (χ3v) is 13.1. The number of furan rings is 1. The molecule has 56 heavy (non-hydrogen) atoms. The Balaban J connectivity index is 0.000000209. The molecule has 3 aromatic carbocycles. The Morgan fingerprint density at radius 2 is 1.54 bits per heavy atom. The summed E-state index contributed by atoms with van der Waals surface area (Å²) in [5.74, 6) is 0.820. The molecule has 1 aliphatic rings. The van der Waals surface area contributed by atoms with Crippen LogP contribution in [0.25, 0.3) is 55.8 Å². The van der Waals surface area contributed by atoms with Gasteiger partial charge < -0.3 is 14.4 Å². The molecule has 1 saturated carbocycles. The van der Waals surface area contributed by atoms with E-state index in [1.807, 2.05) is 30.5 Å². The molecule has 0 bridgehead atoms. The molecule has 1 aliphatic carbocycles. The van der Waals surface area contributed by atoms with Crippen LogP contribution in [0.15, 0.2) is 95.7 Å². The first-order valence-electron chi connectivity index (χ1n) is 20.0. The van der Waals surface area contributed by atoms with Gasteiger partial charge in [-0.2, -0.15) is 0 Å². The number of aromatic nitrogens is 3. The molecule has 0 aliphatic heterocycles. The molecule has 1 radical (unpaired) electrons. The second-order valence-corrected chi connectivity index (χ2v) is 22.9. The molecule has 1 fully saturated rings. The average Bonchev–Trinajstić information content (AvgIpc) is 3.80. The van der Waals surface area contributed by atoms with Crippen LogP contribution in [-0.2, 0) is 32.9 Å². The largest absolute Gasteiger partial charge is 0.486 e. The SMILES string of the molecule is CC(C)(C)Cc1cc(-c2[c-]cccc2)ncc1[Si](C)(C)C.Cc1ccc(C)c(-c2ccc3c(n2)oc2c[c-]c(-c4cc(CC5CCCC5)ccn4)cc23)c1C.[Ir]. The Labute approximate surface area is 349 Å². The first kappa shape index (κ1) is 41.4. The molecule has 0 amide bonds. The summed E-state index contributed by atoms with van der Waals surface area (Å²) in [5, 5.41) is 3.57. The van der Waals surface area contributed by atoms with Crippen LogP contribution in [0.5, 0.6) is 0 Å². The topological polar surface area (TPSA) is 51.8 Å². The minimum Gasteiger partial charge on any atom is -0.486 e. The summed E-state index contributed by atoms with van der Waals surface area (Å²) >= 11 is 0. The maximum absolute atomic E-state index is 6.17. The van der Waals surface area contributed by atoms with Crippen molar-refractivity contribution in [3.8, 4) is 33.8 Å². The van der Waals surface area contributed by atoms with Gasteiger partial charge in [0.25, 0.3) is 0 Å².